The van der Waals surface area contributed by atoms with Gasteiger partial charge in [-0.3, -0.25) is 0 Å². The molecule has 1 aromatic rings. The Morgan fingerprint density at radius 3 is 2.44 bits per heavy atom. The van der Waals surface area contributed by atoms with Crippen LogP contribution >= 0.6 is 0 Å². The molecule has 1 aromatic carbocycles. The summed E-state index contributed by atoms with van der Waals surface area (Å²) in [5.41, 5.74) is 1.35. The van der Waals surface area contributed by atoms with E-state index in [9.17, 15) is 4.79 Å². The maximum atomic E-state index is 10.8. The third kappa shape index (κ3) is 2.72. The van der Waals surface area contributed by atoms with Gasteiger partial charge in [0.1, 0.15) is 6.29 Å². The van der Waals surface area contributed by atoms with Gasteiger partial charge < -0.3 is 4.79 Å². The van der Waals surface area contributed by atoms with Gasteiger partial charge in [0.05, 0.1) is 0 Å². The van der Waals surface area contributed by atoms with Crippen LogP contribution in [0.3, 0.4) is 0 Å². The first-order chi connectivity index (χ1) is 7.92. The largest absolute Gasteiger partial charge is 0.303 e. The molecule has 0 amide bonds. The number of carbonyl (C=O) groups is 1. The Kier molecular flexibility index (Phi) is 4.15. The maximum Gasteiger partial charge on any atom is 0.120 e. The van der Waals surface area contributed by atoms with Crippen LogP contribution in [-0.4, -0.2) is 6.29 Å². The van der Waals surface area contributed by atoms with Crippen LogP contribution in [0.15, 0.2) is 30.3 Å². The van der Waals surface area contributed by atoms with Gasteiger partial charge in [0.25, 0.3) is 0 Å². The van der Waals surface area contributed by atoms with Crippen LogP contribution in [0.25, 0.3) is 0 Å². The molecule has 1 heteroatoms. The summed E-state index contributed by atoms with van der Waals surface area (Å²) in [5, 5.41) is 0. The van der Waals surface area contributed by atoms with Crippen molar-refractivity contribution in [1.82, 2.24) is 0 Å². The molecule has 1 aliphatic carbocycles. The lowest BCUT2D eigenvalue weighted by Crippen LogP contribution is -2.16. The van der Waals surface area contributed by atoms with E-state index < -0.39 is 0 Å². The van der Waals surface area contributed by atoms with Crippen molar-refractivity contribution in [3.8, 4) is 0 Å². The van der Waals surface area contributed by atoms with E-state index in [4.69, 9.17) is 0 Å². The standard InChI is InChI=1S/C15H20O/c16-12-11-15(13-7-3-1-4-8-13)14-9-5-2-6-10-14/h1,3-4,7-8,12,14-15H,2,5-6,9-11H2/t15-/m0/s1. The average Bonchev–Trinajstić information content (AvgIpc) is 2.38. The molecule has 0 aromatic heterocycles. The third-order valence-corrected chi connectivity index (χ3v) is 3.80. The molecule has 0 aliphatic heterocycles. The highest BCUT2D eigenvalue weighted by molar-refractivity contribution is 5.51. The molecule has 1 aliphatic rings. The summed E-state index contributed by atoms with van der Waals surface area (Å²) < 4.78 is 0. The Hall–Kier alpha value is -1.11. The molecule has 1 nitrogen and oxygen atoms in total. The molecule has 1 saturated carbocycles. The zero-order chi connectivity index (χ0) is 11.2. The number of aldehydes is 1. The van der Waals surface area contributed by atoms with Crippen molar-refractivity contribution in [3.05, 3.63) is 35.9 Å². The van der Waals surface area contributed by atoms with Gasteiger partial charge in [0.15, 0.2) is 0 Å². The first-order valence-electron chi connectivity index (χ1n) is 6.40. The number of hydrogen-bond donors (Lipinski definition) is 0. The molecule has 0 spiro atoms. The van der Waals surface area contributed by atoms with Gasteiger partial charge in [-0.25, -0.2) is 0 Å². The highest BCUT2D eigenvalue weighted by atomic mass is 16.1. The second-order valence-electron chi connectivity index (χ2n) is 4.82. The molecule has 2 rings (SSSR count). The van der Waals surface area contributed by atoms with Gasteiger partial charge in [-0.05, 0) is 30.2 Å². The fraction of sp³-hybridized carbons (Fsp3) is 0.533. The molecule has 0 radical (unpaired) electrons. The zero-order valence-corrected chi connectivity index (χ0v) is 9.77. The number of rotatable bonds is 4. The highest BCUT2D eigenvalue weighted by Gasteiger charge is 2.24. The van der Waals surface area contributed by atoms with E-state index >= 15 is 0 Å². The summed E-state index contributed by atoms with van der Waals surface area (Å²) >= 11 is 0. The lowest BCUT2D eigenvalue weighted by Gasteiger charge is -2.29. The zero-order valence-electron chi connectivity index (χ0n) is 9.77. The molecule has 0 bridgehead atoms. The van der Waals surface area contributed by atoms with Crippen molar-refractivity contribution >= 4 is 6.29 Å². The topological polar surface area (TPSA) is 17.1 Å². The van der Waals surface area contributed by atoms with E-state index in [1.165, 1.54) is 37.7 Å². The maximum absolute atomic E-state index is 10.8. The molecule has 1 fully saturated rings. The molecule has 0 unspecified atom stereocenters. The predicted octanol–water partition coefficient (Wildman–Crippen LogP) is 3.94. The molecule has 0 N–H and O–H groups in total. The van der Waals surface area contributed by atoms with E-state index in [0.29, 0.717) is 12.3 Å². The Labute approximate surface area is 97.9 Å². The second kappa shape index (κ2) is 5.83. The minimum Gasteiger partial charge on any atom is -0.303 e. The summed E-state index contributed by atoms with van der Waals surface area (Å²) in [7, 11) is 0. The summed E-state index contributed by atoms with van der Waals surface area (Å²) in [5.74, 6) is 1.18. The quantitative estimate of drug-likeness (QED) is 0.697. The lowest BCUT2D eigenvalue weighted by molar-refractivity contribution is -0.108. The van der Waals surface area contributed by atoms with Crippen LogP contribution in [0.1, 0.15) is 50.0 Å². The molecular formula is C15H20O. The minimum absolute atomic E-state index is 0.457. The van der Waals surface area contributed by atoms with Gasteiger partial charge in [-0.15, -0.1) is 0 Å². The number of hydrogen-bond acceptors (Lipinski definition) is 1. The van der Waals surface area contributed by atoms with Gasteiger partial charge in [-0.2, -0.15) is 0 Å². The number of carbonyl (C=O) groups excluding carboxylic acids is 1. The Bertz CT molecular complexity index is 311. The van der Waals surface area contributed by atoms with E-state index in [0.717, 1.165) is 12.2 Å². The van der Waals surface area contributed by atoms with Crippen molar-refractivity contribution in [1.29, 1.82) is 0 Å². The molecule has 0 heterocycles. The van der Waals surface area contributed by atoms with Crippen LogP contribution in [0.2, 0.25) is 0 Å². The lowest BCUT2D eigenvalue weighted by atomic mass is 9.75. The SMILES string of the molecule is O=CC[C@@H](c1ccccc1)C1CCCCC1. The Morgan fingerprint density at radius 2 is 1.81 bits per heavy atom. The van der Waals surface area contributed by atoms with Crippen molar-refractivity contribution in [2.75, 3.05) is 0 Å². The average molecular weight is 216 g/mol. The molecule has 0 saturated heterocycles. The summed E-state index contributed by atoms with van der Waals surface area (Å²) in [6.07, 6.45) is 8.43. The van der Waals surface area contributed by atoms with Gasteiger partial charge in [-0.1, -0.05) is 49.6 Å². The predicted molar refractivity (Wildman–Crippen MR) is 66.4 cm³/mol. The van der Waals surface area contributed by atoms with Crippen LogP contribution in [0, 0.1) is 5.92 Å². The Balaban J connectivity index is 2.12. The monoisotopic (exact) mass is 216 g/mol. The van der Waals surface area contributed by atoms with Crippen LogP contribution < -0.4 is 0 Å². The van der Waals surface area contributed by atoms with E-state index in [2.05, 4.69) is 24.3 Å². The van der Waals surface area contributed by atoms with Crippen molar-refractivity contribution in [3.63, 3.8) is 0 Å². The van der Waals surface area contributed by atoms with Gasteiger partial charge in [0.2, 0.25) is 0 Å². The summed E-state index contributed by atoms with van der Waals surface area (Å²) in [6, 6.07) is 10.5. The van der Waals surface area contributed by atoms with Crippen molar-refractivity contribution in [2.45, 2.75) is 44.4 Å². The second-order valence-corrected chi connectivity index (χ2v) is 4.82. The fourth-order valence-electron chi connectivity index (χ4n) is 2.94. The fourth-order valence-corrected chi connectivity index (χ4v) is 2.94. The summed E-state index contributed by atoms with van der Waals surface area (Å²) in [4.78, 5) is 10.8. The van der Waals surface area contributed by atoms with E-state index in [1.807, 2.05) is 6.07 Å². The normalized spacial score (nSPS) is 19.2. The molecular weight excluding hydrogens is 196 g/mol. The summed E-state index contributed by atoms with van der Waals surface area (Å²) in [6.45, 7) is 0. The van der Waals surface area contributed by atoms with Crippen molar-refractivity contribution < 1.29 is 4.79 Å². The van der Waals surface area contributed by atoms with Gasteiger partial charge >= 0.3 is 0 Å². The number of benzene rings is 1. The molecule has 86 valence electrons. The molecule has 1 atom stereocenters. The van der Waals surface area contributed by atoms with Crippen molar-refractivity contribution in [2.24, 2.45) is 5.92 Å². The Morgan fingerprint density at radius 1 is 1.12 bits per heavy atom. The first kappa shape index (κ1) is 11.4. The smallest absolute Gasteiger partial charge is 0.120 e. The third-order valence-electron chi connectivity index (χ3n) is 3.80. The molecule has 16 heavy (non-hydrogen) atoms. The highest BCUT2D eigenvalue weighted by Crippen LogP contribution is 2.37. The minimum atomic E-state index is 0.457. The van der Waals surface area contributed by atoms with E-state index in [1.54, 1.807) is 0 Å². The van der Waals surface area contributed by atoms with Gasteiger partial charge in [0, 0.05) is 6.42 Å². The van der Waals surface area contributed by atoms with E-state index in [-0.39, 0.29) is 0 Å². The van der Waals surface area contributed by atoms with Crippen LogP contribution in [-0.2, 0) is 4.79 Å². The van der Waals surface area contributed by atoms with Crippen LogP contribution in [0.5, 0.6) is 0 Å². The first-order valence-corrected chi connectivity index (χ1v) is 6.40. The van der Waals surface area contributed by atoms with Crippen LogP contribution in [0.4, 0.5) is 0 Å².